The predicted molar refractivity (Wildman–Crippen MR) is 117 cm³/mol. The van der Waals surface area contributed by atoms with Gasteiger partial charge in [-0.15, -0.1) is 0 Å². The minimum Gasteiger partial charge on any atom is -0.497 e. The molecule has 31 heavy (non-hydrogen) atoms. The van der Waals surface area contributed by atoms with Crippen LogP contribution in [0.5, 0.6) is 5.75 Å². The summed E-state index contributed by atoms with van der Waals surface area (Å²) in [6.07, 6.45) is -1.30. The van der Waals surface area contributed by atoms with Crippen molar-refractivity contribution in [1.29, 1.82) is 0 Å². The van der Waals surface area contributed by atoms with Crippen molar-refractivity contribution in [2.24, 2.45) is 0 Å². The standard InChI is InChI=1S/C25H25NO5/c1-30-20-15-13-19(14-16-20)23(27)22(25(29)31-2)26-24(28)21(17-9-5-3-6-10-17)18-11-7-4-8-12-18/h3-16,21-23,27H,1-2H3,(H,26,28). The highest BCUT2D eigenvalue weighted by Crippen LogP contribution is 2.27. The van der Waals surface area contributed by atoms with E-state index in [1.165, 1.54) is 14.2 Å². The van der Waals surface area contributed by atoms with E-state index >= 15 is 0 Å². The van der Waals surface area contributed by atoms with Crippen LogP contribution >= 0.6 is 0 Å². The van der Waals surface area contributed by atoms with Gasteiger partial charge in [0, 0.05) is 0 Å². The first-order valence-electron chi connectivity index (χ1n) is 9.85. The van der Waals surface area contributed by atoms with E-state index in [1.54, 1.807) is 24.3 Å². The molecule has 0 saturated heterocycles. The SMILES string of the molecule is COC(=O)C(NC(=O)C(c1ccccc1)c1ccccc1)C(O)c1ccc(OC)cc1. The Hall–Kier alpha value is -3.64. The first-order valence-corrected chi connectivity index (χ1v) is 9.85. The van der Waals surface area contributed by atoms with Crippen LogP contribution in [0.3, 0.4) is 0 Å². The monoisotopic (exact) mass is 419 g/mol. The minimum atomic E-state index is -1.30. The number of hydrogen-bond donors (Lipinski definition) is 2. The molecule has 3 rings (SSSR count). The van der Waals surface area contributed by atoms with Crippen LogP contribution in [0.2, 0.25) is 0 Å². The molecule has 0 aliphatic rings. The van der Waals surface area contributed by atoms with Gasteiger partial charge in [-0.05, 0) is 28.8 Å². The minimum absolute atomic E-state index is 0.416. The number of methoxy groups -OCH3 is 2. The highest BCUT2D eigenvalue weighted by Gasteiger charge is 2.33. The molecule has 1 amide bonds. The molecule has 0 saturated carbocycles. The average molecular weight is 419 g/mol. The van der Waals surface area contributed by atoms with Crippen LogP contribution in [0, 0.1) is 0 Å². The van der Waals surface area contributed by atoms with Gasteiger partial charge >= 0.3 is 5.97 Å². The number of carbonyl (C=O) groups excluding carboxylic acids is 2. The molecule has 6 heteroatoms. The summed E-state index contributed by atoms with van der Waals surface area (Å²) in [6, 6.07) is 23.9. The fourth-order valence-corrected chi connectivity index (χ4v) is 3.41. The maximum Gasteiger partial charge on any atom is 0.331 e. The van der Waals surface area contributed by atoms with E-state index < -0.39 is 29.9 Å². The Labute approximate surface area is 181 Å². The van der Waals surface area contributed by atoms with E-state index in [9.17, 15) is 14.7 Å². The highest BCUT2D eigenvalue weighted by molar-refractivity contribution is 5.91. The lowest BCUT2D eigenvalue weighted by Gasteiger charge is -2.25. The Bertz CT molecular complexity index is 950. The average Bonchev–Trinajstić information content (AvgIpc) is 2.83. The number of aliphatic hydroxyl groups is 1. The van der Waals surface area contributed by atoms with Crippen molar-refractivity contribution >= 4 is 11.9 Å². The molecule has 0 aliphatic heterocycles. The molecule has 0 fully saturated rings. The number of rotatable bonds is 8. The number of nitrogens with one attached hydrogen (secondary N) is 1. The molecule has 2 unspecified atom stereocenters. The molecule has 0 radical (unpaired) electrons. The Morgan fingerprint density at radius 2 is 1.29 bits per heavy atom. The van der Waals surface area contributed by atoms with Gasteiger partial charge in [0.15, 0.2) is 6.04 Å². The number of benzene rings is 3. The zero-order valence-corrected chi connectivity index (χ0v) is 17.4. The van der Waals surface area contributed by atoms with Crippen molar-refractivity contribution in [3.8, 4) is 5.75 Å². The second-order valence-electron chi connectivity index (χ2n) is 6.98. The number of ether oxygens (including phenoxy) is 2. The molecule has 2 N–H and O–H groups in total. The van der Waals surface area contributed by atoms with Crippen LogP contribution in [0.4, 0.5) is 0 Å². The summed E-state index contributed by atoms with van der Waals surface area (Å²) >= 11 is 0. The van der Waals surface area contributed by atoms with Gasteiger partial charge in [-0.1, -0.05) is 72.8 Å². The molecule has 3 aromatic carbocycles. The van der Waals surface area contributed by atoms with Crippen LogP contribution in [0.1, 0.15) is 28.7 Å². The van der Waals surface area contributed by atoms with E-state index in [2.05, 4.69) is 5.32 Å². The molecule has 0 bridgehead atoms. The molecule has 3 aromatic rings. The van der Waals surface area contributed by atoms with Gasteiger partial charge in [-0.3, -0.25) is 4.79 Å². The zero-order chi connectivity index (χ0) is 22.2. The van der Waals surface area contributed by atoms with Crippen molar-refractivity contribution in [2.75, 3.05) is 14.2 Å². The maximum absolute atomic E-state index is 13.4. The fraction of sp³-hybridized carbons (Fsp3) is 0.200. The van der Waals surface area contributed by atoms with Crippen molar-refractivity contribution in [1.82, 2.24) is 5.32 Å². The highest BCUT2D eigenvalue weighted by atomic mass is 16.5. The summed E-state index contributed by atoms with van der Waals surface area (Å²) in [5.41, 5.74) is 2.00. The largest absolute Gasteiger partial charge is 0.497 e. The topological polar surface area (TPSA) is 84.9 Å². The summed E-state index contributed by atoms with van der Waals surface area (Å²) < 4.78 is 9.98. The van der Waals surface area contributed by atoms with Crippen LogP contribution in [-0.4, -0.2) is 37.2 Å². The van der Waals surface area contributed by atoms with E-state index in [0.29, 0.717) is 11.3 Å². The molecular formula is C25H25NO5. The summed E-state index contributed by atoms with van der Waals surface area (Å²) in [6.45, 7) is 0. The molecule has 160 valence electrons. The van der Waals surface area contributed by atoms with E-state index in [0.717, 1.165) is 11.1 Å². The predicted octanol–water partition coefficient (Wildman–Crippen LogP) is 3.22. The summed E-state index contributed by atoms with van der Waals surface area (Å²) in [5, 5.41) is 13.6. The van der Waals surface area contributed by atoms with Gasteiger partial charge in [0.25, 0.3) is 0 Å². The second kappa shape index (κ2) is 10.4. The van der Waals surface area contributed by atoms with Crippen LogP contribution < -0.4 is 10.1 Å². The van der Waals surface area contributed by atoms with Crippen molar-refractivity contribution < 1.29 is 24.2 Å². The van der Waals surface area contributed by atoms with E-state index in [-0.39, 0.29) is 0 Å². The third-order valence-electron chi connectivity index (χ3n) is 5.05. The van der Waals surface area contributed by atoms with Gasteiger partial charge < -0.3 is 19.9 Å². The van der Waals surface area contributed by atoms with Gasteiger partial charge in [-0.25, -0.2) is 4.79 Å². The number of aliphatic hydroxyl groups excluding tert-OH is 1. The molecule has 6 nitrogen and oxygen atoms in total. The number of amides is 1. The summed E-state index contributed by atoms with van der Waals surface area (Å²) in [5.74, 6) is -1.20. The number of esters is 1. The number of hydrogen-bond acceptors (Lipinski definition) is 5. The van der Waals surface area contributed by atoms with E-state index in [4.69, 9.17) is 9.47 Å². The van der Waals surface area contributed by atoms with Crippen LogP contribution in [0.25, 0.3) is 0 Å². The van der Waals surface area contributed by atoms with Gasteiger partial charge in [-0.2, -0.15) is 0 Å². The van der Waals surface area contributed by atoms with Crippen LogP contribution in [-0.2, 0) is 14.3 Å². The maximum atomic E-state index is 13.4. The first-order chi connectivity index (χ1) is 15.0. The summed E-state index contributed by atoms with van der Waals surface area (Å²) in [7, 11) is 2.75. The van der Waals surface area contributed by atoms with Crippen molar-refractivity contribution in [3.63, 3.8) is 0 Å². The molecule has 0 aromatic heterocycles. The lowest BCUT2D eigenvalue weighted by atomic mass is 9.90. The lowest BCUT2D eigenvalue weighted by Crippen LogP contribution is -2.47. The third kappa shape index (κ3) is 5.29. The Kier molecular flexibility index (Phi) is 7.40. The quantitative estimate of drug-likeness (QED) is 0.548. The molecule has 0 aliphatic carbocycles. The Balaban J connectivity index is 1.91. The molecular weight excluding hydrogens is 394 g/mol. The van der Waals surface area contributed by atoms with Crippen molar-refractivity contribution in [2.45, 2.75) is 18.1 Å². The van der Waals surface area contributed by atoms with Gasteiger partial charge in [0.1, 0.15) is 11.9 Å². The Morgan fingerprint density at radius 3 is 1.74 bits per heavy atom. The summed E-state index contributed by atoms with van der Waals surface area (Å²) in [4.78, 5) is 25.8. The normalized spacial score (nSPS) is 12.6. The number of carbonyl (C=O) groups is 2. The molecule has 0 spiro atoms. The smallest absolute Gasteiger partial charge is 0.331 e. The second-order valence-corrected chi connectivity index (χ2v) is 6.98. The van der Waals surface area contributed by atoms with Crippen molar-refractivity contribution in [3.05, 3.63) is 102 Å². The lowest BCUT2D eigenvalue weighted by molar-refractivity contribution is -0.148. The zero-order valence-electron chi connectivity index (χ0n) is 17.4. The van der Waals surface area contributed by atoms with Gasteiger partial charge in [0.2, 0.25) is 5.91 Å². The first kappa shape index (κ1) is 22.1. The Morgan fingerprint density at radius 1 is 0.774 bits per heavy atom. The van der Waals surface area contributed by atoms with Crippen LogP contribution in [0.15, 0.2) is 84.9 Å². The van der Waals surface area contributed by atoms with E-state index in [1.807, 2.05) is 60.7 Å². The van der Waals surface area contributed by atoms with Gasteiger partial charge in [0.05, 0.1) is 20.1 Å². The molecule has 2 atom stereocenters. The fourth-order valence-electron chi connectivity index (χ4n) is 3.41. The third-order valence-corrected chi connectivity index (χ3v) is 5.05. The molecule has 0 heterocycles.